The summed E-state index contributed by atoms with van der Waals surface area (Å²) in [6.07, 6.45) is 5.77. The fraction of sp³-hybridized carbons (Fsp3) is 0.733. The summed E-state index contributed by atoms with van der Waals surface area (Å²) in [4.78, 5) is 8.37. The topological polar surface area (TPSA) is 72.4 Å². The summed E-state index contributed by atoms with van der Waals surface area (Å²) >= 11 is 0. The molecular weight excluding hydrogens is 302 g/mol. The Bertz CT molecular complexity index is 564. The van der Waals surface area contributed by atoms with Crippen molar-refractivity contribution in [2.75, 3.05) is 18.8 Å². The molecular formula is C15H25N3O3S. The first-order chi connectivity index (χ1) is 10.4. The molecule has 1 saturated heterocycles. The zero-order valence-corrected chi connectivity index (χ0v) is 14.3. The molecule has 6 nitrogen and oxygen atoms in total. The number of hydrogen-bond donors (Lipinski definition) is 0. The molecule has 0 amide bonds. The normalized spacial score (nSPS) is 17.8. The third-order valence-electron chi connectivity index (χ3n) is 3.70. The third kappa shape index (κ3) is 4.64. The van der Waals surface area contributed by atoms with Gasteiger partial charge >= 0.3 is 6.01 Å². The molecule has 7 heteroatoms. The molecule has 0 bridgehead atoms. The lowest BCUT2D eigenvalue weighted by Gasteiger charge is -2.31. The molecule has 0 saturated carbocycles. The summed E-state index contributed by atoms with van der Waals surface area (Å²) in [6, 6.07) is 0.376. The molecule has 1 aromatic heterocycles. The maximum Gasteiger partial charge on any atom is 0.316 e. The van der Waals surface area contributed by atoms with Gasteiger partial charge in [0.15, 0.2) is 0 Å². The highest BCUT2D eigenvalue weighted by atomic mass is 32.2. The van der Waals surface area contributed by atoms with Crippen molar-refractivity contribution in [1.82, 2.24) is 14.3 Å². The summed E-state index contributed by atoms with van der Waals surface area (Å²) in [5.74, 6) is 0.351. The Kier molecular flexibility index (Phi) is 5.74. The predicted molar refractivity (Wildman–Crippen MR) is 85.3 cm³/mol. The molecule has 0 radical (unpaired) electrons. The van der Waals surface area contributed by atoms with Gasteiger partial charge < -0.3 is 4.74 Å². The van der Waals surface area contributed by atoms with E-state index in [9.17, 15) is 8.42 Å². The fourth-order valence-electron chi connectivity index (χ4n) is 2.49. The van der Waals surface area contributed by atoms with E-state index in [0.29, 0.717) is 31.9 Å². The lowest BCUT2D eigenvalue weighted by Crippen LogP contribution is -2.43. The van der Waals surface area contributed by atoms with Crippen molar-refractivity contribution >= 4 is 10.0 Å². The SMILES string of the molecule is CCc1cnc(OC2CCN(S(=O)(=O)CC(C)C)CC2)nc1. The van der Waals surface area contributed by atoms with Gasteiger partial charge in [-0.15, -0.1) is 0 Å². The molecule has 0 N–H and O–H groups in total. The van der Waals surface area contributed by atoms with Crippen molar-refractivity contribution < 1.29 is 13.2 Å². The van der Waals surface area contributed by atoms with Crippen LogP contribution >= 0.6 is 0 Å². The molecule has 1 fully saturated rings. The van der Waals surface area contributed by atoms with E-state index >= 15 is 0 Å². The number of aryl methyl sites for hydroxylation is 1. The molecule has 1 aliphatic heterocycles. The van der Waals surface area contributed by atoms with Gasteiger partial charge in [-0.3, -0.25) is 0 Å². The van der Waals surface area contributed by atoms with Gasteiger partial charge in [-0.2, -0.15) is 0 Å². The van der Waals surface area contributed by atoms with Crippen LogP contribution in [-0.4, -0.2) is 47.6 Å². The van der Waals surface area contributed by atoms with Crippen LogP contribution in [0, 0.1) is 5.92 Å². The maximum atomic E-state index is 12.2. The second kappa shape index (κ2) is 7.37. The van der Waals surface area contributed by atoms with Gasteiger partial charge in [0.2, 0.25) is 10.0 Å². The van der Waals surface area contributed by atoms with Crippen molar-refractivity contribution in [3.05, 3.63) is 18.0 Å². The Labute approximate surface area is 133 Å². The Balaban J connectivity index is 1.86. The van der Waals surface area contributed by atoms with E-state index in [-0.39, 0.29) is 17.8 Å². The first kappa shape index (κ1) is 17.1. The summed E-state index contributed by atoms with van der Waals surface area (Å²) in [5, 5.41) is 0. The maximum absolute atomic E-state index is 12.2. The van der Waals surface area contributed by atoms with E-state index in [1.54, 1.807) is 16.7 Å². The van der Waals surface area contributed by atoms with E-state index in [4.69, 9.17) is 4.74 Å². The van der Waals surface area contributed by atoms with Crippen LogP contribution in [0.2, 0.25) is 0 Å². The number of piperidine rings is 1. The van der Waals surface area contributed by atoms with Crippen molar-refractivity contribution in [2.45, 2.75) is 46.1 Å². The monoisotopic (exact) mass is 327 g/mol. The van der Waals surface area contributed by atoms with E-state index in [0.717, 1.165) is 12.0 Å². The van der Waals surface area contributed by atoms with Crippen LogP contribution in [0.5, 0.6) is 6.01 Å². The van der Waals surface area contributed by atoms with Gasteiger partial charge in [-0.1, -0.05) is 20.8 Å². The molecule has 2 rings (SSSR count). The van der Waals surface area contributed by atoms with Gasteiger partial charge in [-0.05, 0) is 30.7 Å². The summed E-state index contributed by atoms with van der Waals surface area (Å²) in [7, 11) is -3.14. The average molecular weight is 327 g/mol. The Morgan fingerprint density at radius 3 is 2.36 bits per heavy atom. The molecule has 2 heterocycles. The molecule has 22 heavy (non-hydrogen) atoms. The van der Waals surface area contributed by atoms with Gasteiger partial charge in [0.05, 0.1) is 5.75 Å². The van der Waals surface area contributed by atoms with Gasteiger partial charge in [0, 0.05) is 25.5 Å². The zero-order chi connectivity index (χ0) is 16.2. The van der Waals surface area contributed by atoms with Crippen LogP contribution in [-0.2, 0) is 16.4 Å². The first-order valence-corrected chi connectivity index (χ1v) is 9.47. The molecule has 0 unspecified atom stereocenters. The van der Waals surface area contributed by atoms with Crippen LogP contribution in [0.4, 0.5) is 0 Å². The quantitative estimate of drug-likeness (QED) is 0.797. The number of sulfonamides is 1. The van der Waals surface area contributed by atoms with Crippen molar-refractivity contribution in [1.29, 1.82) is 0 Å². The largest absolute Gasteiger partial charge is 0.460 e. The van der Waals surface area contributed by atoms with E-state index in [1.807, 2.05) is 20.8 Å². The van der Waals surface area contributed by atoms with Crippen molar-refractivity contribution in [2.24, 2.45) is 5.92 Å². The molecule has 1 aromatic rings. The first-order valence-electron chi connectivity index (χ1n) is 7.86. The molecule has 0 aliphatic carbocycles. The van der Waals surface area contributed by atoms with E-state index in [1.165, 1.54) is 0 Å². The number of ether oxygens (including phenoxy) is 1. The predicted octanol–water partition coefficient (Wildman–Crippen LogP) is 1.87. The van der Waals surface area contributed by atoms with Gasteiger partial charge in [-0.25, -0.2) is 22.7 Å². The minimum absolute atomic E-state index is 0.0158. The number of aromatic nitrogens is 2. The van der Waals surface area contributed by atoms with Crippen LogP contribution < -0.4 is 4.74 Å². The molecule has 0 aromatic carbocycles. The van der Waals surface area contributed by atoms with Crippen LogP contribution in [0.15, 0.2) is 12.4 Å². The van der Waals surface area contributed by atoms with Crippen LogP contribution in [0.25, 0.3) is 0 Å². The van der Waals surface area contributed by atoms with Crippen LogP contribution in [0.1, 0.15) is 39.2 Å². The number of nitrogens with zero attached hydrogens (tertiary/aromatic N) is 3. The Morgan fingerprint density at radius 2 is 1.86 bits per heavy atom. The lowest BCUT2D eigenvalue weighted by atomic mass is 10.1. The highest BCUT2D eigenvalue weighted by Crippen LogP contribution is 2.19. The summed E-state index contributed by atoms with van der Waals surface area (Å²) < 4.78 is 31.7. The van der Waals surface area contributed by atoms with Crippen molar-refractivity contribution in [3.63, 3.8) is 0 Å². The highest BCUT2D eigenvalue weighted by Gasteiger charge is 2.29. The second-order valence-electron chi connectivity index (χ2n) is 6.12. The zero-order valence-electron chi connectivity index (χ0n) is 13.5. The standard InChI is InChI=1S/C15H25N3O3S/c1-4-13-9-16-15(17-10-13)21-14-5-7-18(8-6-14)22(19,20)11-12(2)3/h9-10,12,14H,4-8,11H2,1-3H3. The molecule has 124 valence electrons. The van der Waals surface area contributed by atoms with Crippen molar-refractivity contribution in [3.8, 4) is 6.01 Å². The fourth-order valence-corrected chi connectivity index (χ4v) is 4.31. The molecule has 0 atom stereocenters. The Hall–Kier alpha value is -1.21. The van der Waals surface area contributed by atoms with Crippen LogP contribution in [0.3, 0.4) is 0 Å². The summed E-state index contributed by atoms with van der Waals surface area (Å²) in [6.45, 7) is 6.90. The minimum Gasteiger partial charge on any atom is -0.460 e. The Morgan fingerprint density at radius 1 is 1.27 bits per heavy atom. The van der Waals surface area contributed by atoms with E-state index in [2.05, 4.69) is 9.97 Å². The van der Waals surface area contributed by atoms with Gasteiger partial charge in [0.1, 0.15) is 6.10 Å². The second-order valence-corrected chi connectivity index (χ2v) is 8.13. The minimum atomic E-state index is -3.14. The third-order valence-corrected chi connectivity index (χ3v) is 5.94. The highest BCUT2D eigenvalue weighted by molar-refractivity contribution is 7.89. The smallest absolute Gasteiger partial charge is 0.316 e. The lowest BCUT2D eigenvalue weighted by molar-refractivity contribution is 0.124. The average Bonchev–Trinajstić information content (AvgIpc) is 2.47. The molecule has 1 aliphatic rings. The number of hydrogen-bond acceptors (Lipinski definition) is 5. The van der Waals surface area contributed by atoms with Gasteiger partial charge in [0.25, 0.3) is 0 Å². The molecule has 0 spiro atoms. The number of rotatable bonds is 6. The van der Waals surface area contributed by atoms with E-state index < -0.39 is 10.0 Å². The summed E-state index contributed by atoms with van der Waals surface area (Å²) in [5.41, 5.74) is 1.07.